The van der Waals surface area contributed by atoms with Gasteiger partial charge in [-0.15, -0.1) is 11.3 Å². The van der Waals surface area contributed by atoms with Gasteiger partial charge in [0.25, 0.3) is 0 Å². The highest BCUT2D eigenvalue weighted by Gasteiger charge is 2.22. The Morgan fingerprint density at radius 1 is 1.27 bits per heavy atom. The summed E-state index contributed by atoms with van der Waals surface area (Å²) in [5.74, 6) is 0.716. The highest BCUT2D eigenvalue weighted by Crippen LogP contribution is 2.32. The van der Waals surface area contributed by atoms with Crippen molar-refractivity contribution in [1.29, 1.82) is 0 Å². The highest BCUT2D eigenvalue weighted by molar-refractivity contribution is 7.11. The zero-order valence-electron chi connectivity index (χ0n) is 10.4. The summed E-state index contributed by atoms with van der Waals surface area (Å²) in [5, 5.41) is 4.62. The highest BCUT2D eigenvalue weighted by atomic mass is 32.1. The molecule has 0 spiro atoms. The number of rotatable bonds is 5. The Morgan fingerprint density at radius 3 is 2.20 bits per heavy atom. The average molecular weight is 226 g/mol. The second-order valence-corrected chi connectivity index (χ2v) is 5.26. The van der Waals surface area contributed by atoms with Crippen molar-refractivity contribution in [2.75, 3.05) is 7.05 Å². The van der Waals surface area contributed by atoms with Crippen molar-refractivity contribution in [3.8, 4) is 0 Å². The fourth-order valence-electron chi connectivity index (χ4n) is 2.18. The zero-order valence-corrected chi connectivity index (χ0v) is 11.2. The first kappa shape index (κ1) is 12.7. The predicted molar refractivity (Wildman–Crippen MR) is 67.5 cm³/mol. The van der Waals surface area contributed by atoms with Crippen LogP contribution < -0.4 is 5.32 Å². The van der Waals surface area contributed by atoms with Gasteiger partial charge in [-0.1, -0.05) is 26.7 Å². The first-order valence-corrected chi connectivity index (χ1v) is 6.56. The van der Waals surface area contributed by atoms with Gasteiger partial charge in [0.2, 0.25) is 0 Å². The number of hydrogen-bond acceptors (Lipinski definition) is 3. The molecule has 0 bridgehead atoms. The minimum Gasteiger partial charge on any atom is -0.312 e. The van der Waals surface area contributed by atoms with E-state index < -0.39 is 0 Å². The topological polar surface area (TPSA) is 24.9 Å². The summed E-state index contributed by atoms with van der Waals surface area (Å²) in [7, 11) is 2.05. The Morgan fingerprint density at radius 2 is 1.87 bits per heavy atom. The monoisotopic (exact) mass is 226 g/mol. The van der Waals surface area contributed by atoms with Crippen LogP contribution in [0.3, 0.4) is 0 Å². The van der Waals surface area contributed by atoms with Crippen LogP contribution in [0.4, 0.5) is 0 Å². The van der Waals surface area contributed by atoms with Gasteiger partial charge in [0.15, 0.2) is 0 Å². The fraction of sp³-hybridized carbons (Fsp3) is 0.750. The van der Waals surface area contributed by atoms with Gasteiger partial charge in [0.05, 0.1) is 10.7 Å². The zero-order chi connectivity index (χ0) is 11.4. The van der Waals surface area contributed by atoms with Crippen LogP contribution in [0.1, 0.15) is 48.3 Å². The van der Waals surface area contributed by atoms with Gasteiger partial charge in [-0.3, -0.25) is 0 Å². The molecule has 0 amide bonds. The van der Waals surface area contributed by atoms with Gasteiger partial charge < -0.3 is 5.32 Å². The molecule has 1 N–H and O–H groups in total. The summed E-state index contributed by atoms with van der Waals surface area (Å²) < 4.78 is 0. The third-order valence-corrected chi connectivity index (χ3v) is 4.21. The van der Waals surface area contributed by atoms with Gasteiger partial charge in [0.1, 0.15) is 0 Å². The number of nitrogens with one attached hydrogen (secondary N) is 1. The molecule has 0 fully saturated rings. The van der Waals surface area contributed by atoms with Crippen molar-refractivity contribution in [3.05, 3.63) is 15.6 Å². The van der Waals surface area contributed by atoms with E-state index in [9.17, 15) is 0 Å². The van der Waals surface area contributed by atoms with E-state index in [1.165, 1.54) is 28.4 Å². The SMILES string of the molecule is CCC(CC)C(NC)c1sc(C)nc1C. The second kappa shape index (κ2) is 5.61. The molecule has 1 atom stereocenters. The molecule has 0 radical (unpaired) electrons. The smallest absolute Gasteiger partial charge is 0.0900 e. The van der Waals surface area contributed by atoms with Crippen molar-refractivity contribution >= 4 is 11.3 Å². The Balaban J connectivity index is 2.95. The minimum atomic E-state index is 0.478. The standard InChI is InChI=1S/C12H22N2S/c1-6-10(7-2)11(13-5)12-8(3)14-9(4)15-12/h10-11,13H,6-7H2,1-5H3. The molecule has 1 aromatic heterocycles. The molecular formula is C12H22N2S. The maximum Gasteiger partial charge on any atom is 0.0900 e. The van der Waals surface area contributed by atoms with E-state index in [0.29, 0.717) is 12.0 Å². The first-order valence-electron chi connectivity index (χ1n) is 5.75. The Labute approximate surface area is 97.1 Å². The molecular weight excluding hydrogens is 204 g/mol. The van der Waals surface area contributed by atoms with E-state index in [2.05, 4.69) is 45.0 Å². The minimum absolute atomic E-state index is 0.478. The molecule has 0 aliphatic heterocycles. The van der Waals surface area contributed by atoms with Crippen molar-refractivity contribution in [1.82, 2.24) is 10.3 Å². The van der Waals surface area contributed by atoms with E-state index in [0.717, 1.165) is 0 Å². The number of aromatic nitrogens is 1. The molecule has 3 heteroatoms. The normalized spacial score (nSPS) is 13.5. The van der Waals surface area contributed by atoms with Crippen LogP contribution in [0.5, 0.6) is 0 Å². The van der Waals surface area contributed by atoms with Crippen LogP contribution in [0.25, 0.3) is 0 Å². The molecule has 1 rings (SSSR count). The van der Waals surface area contributed by atoms with Crippen LogP contribution in [0.15, 0.2) is 0 Å². The van der Waals surface area contributed by atoms with E-state index in [1.54, 1.807) is 0 Å². The van der Waals surface area contributed by atoms with E-state index in [4.69, 9.17) is 0 Å². The molecule has 0 saturated carbocycles. The summed E-state index contributed by atoms with van der Waals surface area (Å²) in [6.45, 7) is 8.73. The number of aryl methyl sites for hydroxylation is 2. The lowest BCUT2D eigenvalue weighted by atomic mass is 9.92. The molecule has 86 valence electrons. The third-order valence-electron chi connectivity index (χ3n) is 3.05. The Bertz CT molecular complexity index is 303. The second-order valence-electron chi connectivity index (χ2n) is 4.03. The fourth-order valence-corrected chi connectivity index (χ4v) is 3.31. The molecule has 0 saturated heterocycles. The molecule has 1 heterocycles. The van der Waals surface area contributed by atoms with Crippen molar-refractivity contribution in [2.24, 2.45) is 5.92 Å². The van der Waals surface area contributed by atoms with Gasteiger partial charge in [-0.2, -0.15) is 0 Å². The predicted octanol–water partition coefficient (Wildman–Crippen LogP) is 3.46. The Hall–Kier alpha value is -0.410. The van der Waals surface area contributed by atoms with Crippen LogP contribution in [0.2, 0.25) is 0 Å². The maximum absolute atomic E-state index is 4.51. The van der Waals surface area contributed by atoms with E-state index >= 15 is 0 Å². The van der Waals surface area contributed by atoms with Crippen LogP contribution in [-0.4, -0.2) is 12.0 Å². The molecule has 2 nitrogen and oxygen atoms in total. The summed E-state index contributed by atoms with van der Waals surface area (Å²) in [6, 6.07) is 0.478. The summed E-state index contributed by atoms with van der Waals surface area (Å²) in [6.07, 6.45) is 2.44. The van der Waals surface area contributed by atoms with Crippen LogP contribution >= 0.6 is 11.3 Å². The first-order chi connectivity index (χ1) is 7.13. The van der Waals surface area contributed by atoms with Gasteiger partial charge >= 0.3 is 0 Å². The lowest BCUT2D eigenvalue weighted by Crippen LogP contribution is -2.24. The quantitative estimate of drug-likeness (QED) is 0.831. The van der Waals surface area contributed by atoms with Crippen molar-refractivity contribution in [2.45, 2.75) is 46.6 Å². The van der Waals surface area contributed by atoms with Crippen LogP contribution in [-0.2, 0) is 0 Å². The molecule has 0 aliphatic rings. The average Bonchev–Trinajstić information content (AvgIpc) is 2.54. The van der Waals surface area contributed by atoms with E-state index in [-0.39, 0.29) is 0 Å². The molecule has 0 aromatic carbocycles. The lowest BCUT2D eigenvalue weighted by molar-refractivity contribution is 0.363. The van der Waals surface area contributed by atoms with Gasteiger partial charge in [0, 0.05) is 10.9 Å². The van der Waals surface area contributed by atoms with Gasteiger partial charge in [-0.05, 0) is 26.8 Å². The molecule has 0 aliphatic carbocycles. The molecule has 15 heavy (non-hydrogen) atoms. The van der Waals surface area contributed by atoms with Gasteiger partial charge in [-0.25, -0.2) is 4.98 Å². The summed E-state index contributed by atoms with van der Waals surface area (Å²) in [5.41, 5.74) is 1.20. The van der Waals surface area contributed by atoms with Crippen molar-refractivity contribution < 1.29 is 0 Å². The maximum atomic E-state index is 4.51. The number of thiazole rings is 1. The van der Waals surface area contributed by atoms with Crippen LogP contribution in [0, 0.1) is 19.8 Å². The third kappa shape index (κ3) is 2.79. The number of hydrogen-bond donors (Lipinski definition) is 1. The van der Waals surface area contributed by atoms with Crippen molar-refractivity contribution in [3.63, 3.8) is 0 Å². The summed E-state index contributed by atoms with van der Waals surface area (Å²) in [4.78, 5) is 5.93. The number of nitrogens with zero attached hydrogens (tertiary/aromatic N) is 1. The lowest BCUT2D eigenvalue weighted by Gasteiger charge is -2.24. The summed E-state index contributed by atoms with van der Waals surface area (Å²) >= 11 is 1.83. The molecule has 1 unspecified atom stereocenters. The Kier molecular flexibility index (Phi) is 4.74. The van der Waals surface area contributed by atoms with E-state index in [1.807, 2.05) is 11.3 Å². The largest absolute Gasteiger partial charge is 0.312 e. The molecule has 1 aromatic rings.